The molecule has 1 fully saturated rings. The minimum atomic E-state index is 0.671. The van der Waals surface area contributed by atoms with Crippen LogP contribution in [-0.4, -0.2) is 37.7 Å². The van der Waals surface area contributed by atoms with Gasteiger partial charge in [-0.3, -0.25) is 4.90 Å². The van der Waals surface area contributed by atoms with Gasteiger partial charge in [0, 0.05) is 19.2 Å². The molecule has 1 heterocycles. The predicted octanol–water partition coefficient (Wildman–Crippen LogP) is 2.78. The molecule has 2 unspecified atom stereocenters. The second kappa shape index (κ2) is 7.24. The summed E-state index contributed by atoms with van der Waals surface area (Å²) >= 11 is 0. The van der Waals surface area contributed by atoms with Crippen LogP contribution in [-0.2, 0) is 4.74 Å². The quantitative estimate of drug-likeness (QED) is 0.693. The molecule has 0 spiro atoms. The highest BCUT2D eigenvalue weighted by Gasteiger charge is 2.41. The largest absolute Gasteiger partial charge is 0.383 e. The summed E-state index contributed by atoms with van der Waals surface area (Å²) in [5, 5.41) is 0. The zero-order chi connectivity index (χ0) is 11.1. The average Bonchev–Trinajstić information content (AvgIpc) is 2.25. The van der Waals surface area contributed by atoms with E-state index in [0.717, 1.165) is 18.6 Å². The number of likely N-dealkylation sites (N-methyl/N-ethyl adjacent to an activating group) is 1. The van der Waals surface area contributed by atoms with Gasteiger partial charge in [0.1, 0.15) is 0 Å². The lowest BCUT2D eigenvalue weighted by atomic mass is 9.78. The third-order valence-corrected chi connectivity index (χ3v) is 3.24. The topological polar surface area (TPSA) is 12.5 Å². The van der Waals surface area contributed by atoms with Gasteiger partial charge in [-0.05, 0) is 26.3 Å². The molecule has 0 aromatic rings. The van der Waals surface area contributed by atoms with Crippen LogP contribution in [0.4, 0.5) is 0 Å². The van der Waals surface area contributed by atoms with E-state index in [9.17, 15) is 0 Å². The van der Waals surface area contributed by atoms with Gasteiger partial charge in [0.15, 0.2) is 0 Å². The first-order chi connectivity index (χ1) is 6.72. The Morgan fingerprint density at radius 3 is 2.29 bits per heavy atom. The van der Waals surface area contributed by atoms with Crippen molar-refractivity contribution >= 4 is 0 Å². The minimum absolute atomic E-state index is 0.671. The summed E-state index contributed by atoms with van der Waals surface area (Å²) in [6.07, 6.45) is 2.64. The van der Waals surface area contributed by atoms with E-state index in [0.29, 0.717) is 6.04 Å². The van der Waals surface area contributed by atoms with Crippen molar-refractivity contribution in [2.45, 2.75) is 52.6 Å². The van der Waals surface area contributed by atoms with Crippen LogP contribution in [0.3, 0.4) is 0 Å². The van der Waals surface area contributed by atoms with Crippen LogP contribution in [0.1, 0.15) is 40.5 Å². The van der Waals surface area contributed by atoms with E-state index in [2.05, 4.69) is 25.8 Å². The molecule has 0 aromatic heterocycles. The molecule has 1 saturated heterocycles. The van der Waals surface area contributed by atoms with Crippen LogP contribution >= 0.6 is 0 Å². The molecule has 1 aliphatic rings. The average molecular weight is 201 g/mol. The Labute approximate surface area is 89.6 Å². The van der Waals surface area contributed by atoms with E-state index in [1.54, 1.807) is 7.11 Å². The van der Waals surface area contributed by atoms with E-state index in [4.69, 9.17) is 4.74 Å². The number of likely N-dealkylation sites (tertiary alicyclic amines) is 1. The van der Waals surface area contributed by atoms with Gasteiger partial charge in [0.05, 0.1) is 6.61 Å². The van der Waals surface area contributed by atoms with Crippen molar-refractivity contribution < 1.29 is 4.74 Å². The molecule has 0 aromatic carbocycles. The van der Waals surface area contributed by atoms with E-state index in [-0.39, 0.29) is 0 Å². The third-order valence-electron chi connectivity index (χ3n) is 3.24. The maximum absolute atomic E-state index is 5.20. The van der Waals surface area contributed by atoms with Gasteiger partial charge >= 0.3 is 0 Å². The predicted molar refractivity (Wildman–Crippen MR) is 62.6 cm³/mol. The fourth-order valence-corrected chi connectivity index (χ4v) is 2.30. The highest BCUT2D eigenvalue weighted by molar-refractivity contribution is 4.95. The lowest BCUT2D eigenvalue weighted by molar-refractivity contribution is -0.0653. The van der Waals surface area contributed by atoms with E-state index < -0.39 is 0 Å². The lowest BCUT2D eigenvalue weighted by Gasteiger charge is -2.52. The molecule has 86 valence electrons. The second-order valence-electron chi connectivity index (χ2n) is 3.88. The Hall–Kier alpha value is -0.0800. The molecule has 14 heavy (non-hydrogen) atoms. The number of hydrogen-bond donors (Lipinski definition) is 0. The molecule has 2 heteroatoms. The van der Waals surface area contributed by atoms with Crippen molar-refractivity contribution in [3.05, 3.63) is 0 Å². The first-order valence-electron chi connectivity index (χ1n) is 5.93. The Bertz CT molecular complexity index is 122. The Balaban J connectivity index is 0.000000791. The Kier molecular flexibility index (Phi) is 7.20. The molecule has 1 rings (SSSR count). The summed E-state index contributed by atoms with van der Waals surface area (Å²) in [5.74, 6) is 0.861. The third kappa shape index (κ3) is 2.96. The number of hydrogen-bond acceptors (Lipinski definition) is 2. The van der Waals surface area contributed by atoms with Crippen LogP contribution in [0.5, 0.6) is 0 Å². The molecule has 2 nitrogen and oxygen atoms in total. The van der Waals surface area contributed by atoms with Crippen molar-refractivity contribution in [2.75, 3.05) is 20.8 Å². The first kappa shape index (κ1) is 13.9. The van der Waals surface area contributed by atoms with Gasteiger partial charge in [-0.2, -0.15) is 0 Å². The molecule has 0 N–H and O–H groups in total. The minimum Gasteiger partial charge on any atom is -0.383 e. The number of ether oxygens (including phenoxy) is 1. The van der Waals surface area contributed by atoms with Crippen molar-refractivity contribution in [2.24, 2.45) is 5.92 Å². The van der Waals surface area contributed by atoms with Crippen LogP contribution in [0.25, 0.3) is 0 Å². The summed E-state index contributed by atoms with van der Waals surface area (Å²) in [7, 11) is 3.99. The highest BCUT2D eigenvalue weighted by Crippen LogP contribution is 2.33. The lowest BCUT2D eigenvalue weighted by Crippen LogP contribution is -2.62. The van der Waals surface area contributed by atoms with Crippen LogP contribution in [0.15, 0.2) is 0 Å². The standard InChI is InChI=1S/C10H21NO.C2H6/c1-5-6-9-8(2)11(3)10(9)7-12-4;1-2/h8-10H,5-7H2,1-4H3;1-2H3/t8?,9-,10?;/m0./s1. The van der Waals surface area contributed by atoms with Crippen molar-refractivity contribution in [3.63, 3.8) is 0 Å². The SMILES string of the molecule is CC.CCC[C@H]1C(C)N(C)C1COC. The van der Waals surface area contributed by atoms with E-state index >= 15 is 0 Å². The zero-order valence-corrected chi connectivity index (χ0v) is 10.7. The van der Waals surface area contributed by atoms with E-state index in [1.807, 2.05) is 13.8 Å². The van der Waals surface area contributed by atoms with Gasteiger partial charge in [-0.25, -0.2) is 0 Å². The molecular weight excluding hydrogens is 174 g/mol. The van der Waals surface area contributed by atoms with Crippen molar-refractivity contribution in [3.8, 4) is 0 Å². The molecule has 0 aliphatic carbocycles. The zero-order valence-electron chi connectivity index (χ0n) is 10.7. The summed E-state index contributed by atoms with van der Waals surface area (Å²) in [6, 6.07) is 1.43. The maximum Gasteiger partial charge on any atom is 0.0621 e. The molecule has 0 saturated carbocycles. The molecule has 0 amide bonds. The normalized spacial score (nSPS) is 31.7. The summed E-state index contributed by atoms with van der Waals surface area (Å²) < 4.78 is 5.20. The van der Waals surface area contributed by atoms with E-state index in [1.165, 1.54) is 12.8 Å². The summed E-state index contributed by atoms with van der Waals surface area (Å²) in [4.78, 5) is 2.42. The smallest absolute Gasteiger partial charge is 0.0621 e. The first-order valence-corrected chi connectivity index (χ1v) is 5.93. The second-order valence-corrected chi connectivity index (χ2v) is 3.88. The highest BCUT2D eigenvalue weighted by atomic mass is 16.5. The fourth-order valence-electron chi connectivity index (χ4n) is 2.30. The van der Waals surface area contributed by atoms with Crippen LogP contribution in [0.2, 0.25) is 0 Å². The molecule has 1 aliphatic heterocycles. The molecular formula is C12H27NO. The van der Waals surface area contributed by atoms with Crippen molar-refractivity contribution in [1.29, 1.82) is 0 Å². The van der Waals surface area contributed by atoms with Gasteiger partial charge in [0.25, 0.3) is 0 Å². The maximum atomic E-state index is 5.20. The van der Waals surface area contributed by atoms with Gasteiger partial charge < -0.3 is 4.74 Å². The van der Waals surface area contributed by atoms with Crippen LogP contribution < -0.4 is 0 Å². The number of nitrogens with zero attached hydrogens (tertiary/aromatic N) is 1. The molecule has 0 radical (unpaired) electrons. The van der Waals surface area contributed by atoms with Gasteiger partial charge in [-0.1, -0.05) is 27.2 Å². The Morgan fingerprint density at radius 2 is 1.86 bits per heavy atom. The fraction of sp³-hybridized carbons (Fsp3) is 1.00. The summed E-state index contributed by atoms with van der Waals surface area (Å²) in [6.45, 7) is 9.47. The monoisotopic (exact) mass is 201 g/mol. The number of rotatable bonds is 4. The molecule has 0 bridgehead atoms. The van der Waals surface area contributed by atoms with Gasteiger partial charge in [0.2, 0.25) is 0 Å². The van der Waals surface area contributed by atoms with Gasteiger partial charge in [-0.15, -0.1) is 0 Å². The van der Waals surface area contributed by atoms with Crippen molar-refractivity contribution in [1.82, 2.24) is 4.90 Å². The van der Waals surface area contributed by atoms with Crippen LogP contribution in [0, 0.1) is 5.92 Å². The Morgan fingerprint density at radius 1 is 1.29 bits per heavy atom. The summed E-state index contributed by atoms with van der Waals surface area (Å²) in [5.41, 5.74) is 0. The number of methoxy groups -OCH3 is 1. The molecule has 3 atom stereocenters.